The molecule has 4 rings (SSSR count). The Labute approximate surface area is 243 Å². The van der Waals surface area contributed by atoms with Crippen molar-refractivity contribution >= 4 is 29.2 Å². The van der Waals surface area contributed by atoms with Gasteiger partial charge in [-0.25, -0.2) is 4.98 Å². The van der Waals surface area contributed by atoms with Crippen molar-refractivity contribution in [3.05, 3.63) is 58.8 Å². The van der Waals surface area contributed by atoms with Crippen LogP contribution >= 0.6 is 11.6 Å². The van der Waals surface area contributed by atoms with E-state index in [1.54, 1.807) is 18.2 Å². The van der Waals surface area contributed by atoms with Gasteiger partial charge in [-0.2, -0.15) is 0 Å². The van der Waals surface area contributed by atoms with Gasteiger partial charge < -0.3 is 25.2 Å². The molecule has 0 saturated carbocycles. The smallest absolute Gasteiger partial charge is 0.251 e. The minimum Gasteiger partial charge on any atom is -0.350 e. The van der Waals surface area contributed by atoms with Crippen LogP contribution in [0.2, 0.25) is 0 Å². The first-order valence-electron chi connectivity index (χ1n) is 14.6. The summed E-state index contributed by atoms with van der Waals surface area (Å²) >= 11 is 6.24. The molecular formula is C31H44ClN5O3. The van der Waals surface area contributed by atoms with Gasteiger partial charge in [0.15, 0.2) is 6.23 Å². The zero-order valence-corrected chi connectivity index (χ0v) is 25.0. The van der Waals surface area contributed by atoms with Gasteiger partial charge in [-0.05, 0) is 76.7 Å². The monoisotopic (exact) mass is 569 g/mol. The van der Waals surface area contributed by atoms with Crippen molar-refractivity contribution in [1.82, 2.24) is 20.1 Å². The normalized spacial score (nSPS) is 25.2. The van der Waals surface area contributed by atoms with Crippen molar-refractivity contribution in [1.29, 1.82) is 0 Å². The number of ether oxygens (including phenoxy) is 1. The maximum absolute atomic E-state index is 13.0. The number of epoxide rings is 1. The molecule has 0 aromatic carbocycles. The summed E-state index contributed by atoms with van der Waals surface area (Å²) < 4.78 is 6.05. The van der Waals surface area contributed by atoms with E-state index >= 15 is 0 Å². The number of hydrogen-bond donors (Lipinski definition) is 2. The summed E-state index contributed by atoms with van der Waals surface area (Å²) in [5.41, 5.74) is 2.42. The lowest BCUT2D eigenvalue weighted by Gasteiger charge is -2.39. The molecule has 4 heterocycles. The number of nitrogens with one attached hydrogen (secondary N) is 2. The van der Waals surface area contributed by atoms with Crippen LogP contribution in [0.5, 0.6) is 0 Å². The van der Waals surface area contributed by atoms with Gasteiger partial charge in [0.2, 0.25) is 5.91 Å². The summed E-state index contributed by atoms with van der Waals surface area (Å²) in [6.45, 7) is 14.6. The number of carbonyl (C=O) groups excluding carboxylic acids is 2. The van der Waals surface area contributed by atoms with Gasteiger partial charge in [-0.15, -0.1) is 0 Å². The zero-order valence-electron chi connectivity index (χ0n) is 24.3. The number of aromatic nitrogens is 1. The highest BCUT2D eigenvalue weighted by atomic mass is 35.5. The molecule has 0 bridgehead atoms. The fourth-order valence-electron chi connectivity index (χ4n) is 5.70. The number of piperidine rings is 1. The number of anilines is 1. The number of halogens is 1. The lowest BCUT2D eigenvalue weighted by Crippen LogP contribution is -2.50. The summed E-state index contributed by atoms with van der Waals surface area (Å²) in [6, 6.07) is 4.00. The third-order valence-electron chi connectivity index (χ3n) is 8.19. The molecule has 3 aliphatic heterocycles. The molecule has 8 nitrogen and oxygen atoms in total. The Balaban J connectivity index is 1.29. The molecule has 3 unspecified atom stereocenters. The highest BCUT2D eigenvalue weighted by Gasteiger charge is 2.52. The third kappa shape index (κ3) is 7.74. The van der Waals surface area contributed by atoms with Gasteiger partial charge >= 0.3 is 0 Å². The van der Waals surface area contributed by atoms with Crippen LogP contribution in [0.15, 0.2) is 47.5 Å². The number of hydrogen-bond acceptors (Lipinski definition) is 6. The predicted octanol–water partition coefficient (Wildman–Crippen LogP) is 5.16. The number of likely N-dealkylation sites (tertiary alicyclic amines) is 2. The number of carbonyl (C=O) groups is 2. The molecule has 3 fully saturated rings. The zero-order chi connectivity index (χ0) is 28.8. The molecule has 2 amide bonds. The Morgan fingerprint density at radius 2 is 2.05 bits per heavy atom. The predicted molar refractivity (Wildman–Crippen MR) is 160 cm³/mol. The van der Waals surface area contributed by atoms with E-state index in [4.69, 9.17) is 16.3 Å². The molecule has 1 aromatic rings. The minimum atomic E-state index is -0.213. The number of nitrogens with zero attached hydrogens (tertiary/aromatic N) is 3. The van der Waals surface area contributed by atoms with Gasteiger partial charge in [0.1, 0.15) is 11.9 Å². The number of pyridine rings is 1. The van der Waals surface area contributed by atoms with Crippen molar-refractivity contribution in [2.24, 2.45) is 0 Å². The molecule has 4 atom stereocenters. The standard InChI is InChI=1S/C31H44ClN5O3/c1-6-9-25(32)20(3)10-8-15-36-16-13-24(14-17-36)37-26(11-12-28(37)38)29-31(40-29)35-27-19-23(18-22(5)33-27)30(39)34-21(4)7-2/h6,9-10,18-19,21,24,26,29,31H,1,7-8,11-17H2,2-5H3,(H,33,35)(H,34,39)/b20-10-,25-9+/t21?,26-,29?,31?/m1/s1. The summed E-state index contributed by atoms with van der Waals surface area (Å²) in [4.78, 5) is 34.8. The molecule has 3 saturated heterocycles. The first kappa shape index (κ1) is 30.3. The van der Waals surface area contributed by atoms with E-state index in [0.717, 1.165) is 68.0 Å². The van der Waals surface area contributed by atoms with Crippen LogP contribution in [0.25, 0.3) is 0 Å². The van der Waals surface area contributed by atoms with Crippen LogP contribution in [-0.2, 0) is 9.53 Å². The fraction of sp³-hybridized carbons (Fsp3) is 0.581. The Kier molecular flexibility index (Phi) is 10.4. The number of allylic oxidation sites excluding steroid dienone is 4. The first-order valence-corrected chi connectivity index (χ1v) is 15.0. The Bertz CT molecular complexity index is 1140. The third-order valence-corrected chi connectivity index (χ3v) is 8.61. The Morgan fingerprint density at radius 1 is 1.30 bits per heavy atom. The summed E-state index contributed by atoms with van der Waals surface area (Å²) in [5, 5.41) is 7.10. The highest BCUT2D eigenvalue weighted by molar-refractivity contribution is 6.32. The molecule has 2 N–H and O–H groups in total. The van der Waals surface area contributed by atoms with Crippen molar-refractivity contribution in [2.75, 3.05) is 25.0 Å². The molecule has 0 aliphatic carbocycles. The van der Waals surface area contributed by atoms with Crippen LogP contribution in [0.3, 0.4) is 0 Å². The molecule has 9 heteroatoms. The molecular weight excluding hydrogens is 526 g/mol. The van der Waals surface area contributed by atoms with Crippen molar-refractivity contribution < 1.29 is 14.3 Å². The summed E-state index contributed by atoms with van der Waals surface area (Å²) in [5.74, 6) is 0.753. The van der Waals surface area contributed by atoms with Gasteiger partial charge in [-0.1, -0.05) is 37.3 Å². The van der Waals surface area contributed by atoms with Gasteiger partial charge in [-0.3, -0.25) is 9.59 Å². The second kappa shape index (κ2) is 13.8. The van der Waals surface area contributed by atoms with E-state index in [0.29, 0.717) is 17.8 Å². The SMILES string of the molecule is C=C/C=C(Cl)\C(C)=C/CCN1CCC(N2C(=O)CC[C@@H]2C2OC2Nc2cc(C(=O)NC(C)CC)cc(C)n2)CC1. The quantitative estimate of drug-likeness (QED) is 0.267. The maximum Gasteiger partial charge on any atom is 0.251 e. The molecule has 1 aromatic heterocycles. The van der Waals surface area contributed by atoms with Crippen molar-refractivity contribution in [3.63, 3.8) is 0 Å². The average Bonchev–Trinajstić information content (AvgIpc) is 3.58. The van der Waals surface area contributed by atoms with E-state index < -0.39 is 0 Å². The van der Waals surface area contributed by atoms with Gasteiger partial charge in [0.05, 0.1) is 6.04 Å². The molecule has 0 radical (unpaired) electrons. The lowest BCUT2D eigenvalue weighted by molar-refractivity contribution is -0.132. The first-order chi connectivity index (χ1) is 19.2. The van der Waals surface area contributed by atoms with Crippen LogP contribution in [-0.4, -0.2) is 76.7 Å². The summed E-state index contributed by atoms with van der Waals surface area (Å²) in [6.07, 6.45) is 10.6. The van der Waals surface area contributed by atoms with Crippen molar-refractivity contribution in [3.8, 4) is 0 Å². The van der Waals surface area contributed by atoms with Crippen LogP contribution in [0.1, 0.15) is 75.3 Å². The van der Waals surface area contributed by atoms with Crippen LogP contribution in [0.4, 0.5) is 5.82 Å². The van der Waals surface area contributed by atoms with E-state index in [9.17, 15) is 9.59 Å². The highest BCUT2D eigenvalue weighted by Crippen LogP contribution is 2.38. The summed E-state index contributed by atoms with van der Waals surface area (Å²) in [7, 11) is 0. The molecule has 3 aliphatic rings. The fourth-order valence-corrected chi connectivity index (χ4v) is 5.87. The van der Waals surface area contributed by atoms with E-state index in [2.05, 4.69) is 38.1 Å². The largest absolute Gasteiger partial charge is 0.350 e. The maximum atomic E-state index is 13.0. The van der Waals surface area contributed by atoms with Crippen molar-refractivity contribution in [2.45, 2.75) is 96.7 Å². The molecule has 218 valence electrons. The number of rotatable bonds is 12. The van der Waals surface area contributed by atoms with E-state index in [1.165, 1.54) is 0 Å². The Hall–Kier alpha value is -2.68. The minimum absolute atomic E-state index is 0.0642. The molecule has 40 heavy (non-hydrogen) atoms. The van der Waals surface area contributed by atoms with E-state index in [1.807, 2.05) is 33.8 Å². The van der Waals surface area contributed by atoms with Crippen LogP contribution < -0.4 is 10.6 Å². The number of amides is 2. The van der Waals surface area contributed by atoms with Gasteiger partial charge in [0.25, 0.3) is 5.91 Å². The van der Waals surface area contributed by atoms with Gasteiger partial charge in [0, 0.05) is 54.4 Å². The van der Waals surface area contributed by atoms with E-state index in [-0.39, 0.29) is 42.3 Å². The topological polar surface area (TPSA) is 90.1 Å². The number of aryl methyl sites for hydroxylation is 1. The van der Waals surface area contributed by atoms with Crippen LogP contribution in [0, 0.1) is 6.92 Å². The lowest BCUT2D eigenvalue weighted by atomic mass is 10.0. The Morgan fingerprint density at radius 3 is 2.75 bits per heavy atom. The second-order valence-electron chi connectivity index (χ2n) is 11.2. The molecule has 0 spiro atoms. The second-order valence-corrected chi connectivity index (χ2v) is 11.6. The average molecular weight is 570 g/mol.